The molecule has 1 aromatic heterocycles. The molecule has 0 aliphatic rings. The lowest BCUT2D eigenvalue weighted by Gasteiger charge is -2.14. The second-order valence-electron chi connectivity index (χ2n) is 7.04. The highest BCUT2D eigenvalue weighted by Gasteiger charge is 2.14. The maximum atomic E-state index is 12.5. The molecule has 0 saturated carbocycles. The van der Waals surface area contributed by atoms with Gasteiger partial charge in [0.25, 0.3) is 15.7 Å². The summed E-state index contributed by atoms with van der Waals surface area (Å²) in [5.74, 6) is 0.860. The highest BCUT2D eigenvalue weighted by Crippen LogP contribution is 2.29. The molecular weight excluding hydrogens is 406 g/mol. The Balaban J connectivity index is 2.28. The lowest BCUT2D eigenvalue weighted by atomic mass is 10.1. The first-order valence-corrected chi connectivity index (χ1v) is 11.9. The highest BCUT2D eigenvalue weighted by atomic mass is 32.2. The van der Waals surface area contributed by atoms with E-state index in [1.54, 1.807) is 0 Å². The Labute approximate surface area is 177 Å². The third-order valence-corrected chi connectivity index (χ3v) is 5.44. The molecule has 0 atom stereocenters. The molecule has 9 heteroatoms. The van der Waals surface area contributed by atoms with Crippen molar-refractivity contribution in [3.8, 4) is 17.1 Å². The molecule has 0 saturated heterocycles. The third-order valence-electron chi connectivity index (χ3n) is 4.64. The molecule has 1 aromatic carbocycles. The van der Waals surface area contributed by atoms with E-state index in [1.807, 2.05) is 39.0 Å². The first-order valence-electron chi connectivity index (χ1n) is 10.3. The lowest BCUT2D eigenvalue weighted by Crippen LogP contribution is -2.19. The molecule has 3 N–H and O–H groups in total. The minimum absolute atomic E-state index is 0.130. The Morgan fingerprint density at radius 1 is 1.20 bits per heavy atom. The number of H-pyrrole nitrogens is 1. The first kappa shape index (κ1) is 24.0. The lowest BCUT2D eigenvalue weighted by molar-refractivity contribution is 0.318. The van der Waals surface area contributed by atoms with Gasteiger partial charge in [0.05, 0.1) is 23.6 Å². The van der Waals surface area contributed by atoms with Crippen molar-refractivity contribution in [1.82, 2.24) is 15.3 Å². The van der Waals surface area contributed by atoms with Crippen LogP contribution in [0.3, 0.4) is 0 Å². The molecule has 166 valence electrons. The van der Waals surface area contributed by atoms with Crippen LogP contribution in [0.2, 0.25) is 0 Å². The normalized spacial score (nSPS) is 11.6. The van der Waals surface area contributed by atoms with E-state index in [0.717, 1.165) is 23.2 Å². The number of aromatic amines is 1. The number of hydrogen-bond donors (Lipinski definition) is 3. The Morgan fingerprint density at radius 3 is 2.60 bits per heavy atom. The molecule has 0 aliphatic heterocycles. The molecule has 0 fully saturated rings. The number of benzene rings is 1. The first-order chi connectivity index (χ1) is 14.3. The van der Waals surface area contributed by atoms with Crippen molar-refractivity contribution < 1.29 is 17.7 Å². The fraction of sp³-hybridized carbons (Fsp3) is 0.524. The number of rotatable bonds is 12. The van der Waals surface area contributed by atoms with Crippen LogP contribution in [0.4, 0.5) is 0 Å². The summed E-state index contributed by atoms with van der Waals surface area (Å²) in [6.07, 6.45) is 2.46. The Hall–Kier alpha value is -2.23. The van der Waals surface area contributed by atoms with Gasteiger partial charge in [-0.2, -0.15) is 8.42 Å². The number of ether oxygens (including phenoxy) is 1. The van der Waals surface area contributed by atoms with Gasteiger partial charge in [0.1, 0.15) is 11.6 Å². The number of aromatic nitrogens is 2. The van der Waals surface area contributed by atoms with E-state index in [-0.39, 0.29) is 11.3 Å². The molecule has 8 nitrogen and oxygen atoms in total. The van der Waals surface area contributed by atoms with E-state index in [1.165, 1.54) is 0 Å². The zero-order chi connectivity index (χ0) is 22.1. The van der Waals surface area contributed by atoms with Gasteiger partial charge in [-0.3, -0.25) is 9.35 Å². The molecule has 0 unspecified atom stereocenters. The van der Waals surface area contributed by atoms with Crippen molar-refractivity contribution in [3.63, 3.8) is 0 Å². The van der Waals surface area contributed by atoms with Crippen LogP contribution in [-0.4, -0.2) is 41.8 Å². The molecule has 0 radical (unpaired) electrons. The molecule has 0 bridgehead atoms. The van der Waals surface area contributed by atoms with Gasteiger partial charge in [-0.05, 0) is 49.9 Å². The largest absolute Gasteiger partial charge is 0.493 e. The van der Waals surface area contributed by atoms with E-state index in [2.05, 4.69) is 15.3 Å². The molecular formula is C21H31N3O5S. The van der Waals surface area contributed by atoms with Crippen molar-refractivity contribution in [3.05, 3.63) is 45.4 Å². The summed E-state index contributed by atoms with van der Waals surface area (Å²) >= 11 is 0. The Kier molecular flexibility index (Phi) is 9.01. The fourth-order valence-electron chi connectivity index (χ4n) is 3.15. The number of hydrogen-bond acceptors (Lipinski definition) is 6. The van der Waals surface area contributed by atoms with Gasteiger partial charge >= 0.3 is 0 Å². The van der Waals surface area contributed by atoms with Crippen LogP contribution in [-0.2, 0) is 29.5 Å². The standard InChI is InChI=1S/C21H31N3O5S/c1-4-11-29-19-9-8-15(14-22-10-7-12-30(26,27)28)13-17(19)20-23-18(6-3)16(5-2)21(25)24-20/h8-9,13,22H,4-7,10-12,14H2,1-3H3,(H,23,24,25)(H,26,27,28). The minimum atomic E-state index is -3.94. The fourth-order valence-corrected chi connectivity index (χ4v) is 3.66. The second-order valence-corrected chi connectivity index (χ2v) is 8.61. The molecule has 0 amide bonds. The van der Waals surface area contributed by atoms with Gasteiger partial charge in [0.15, 0.2) is 0 Å². The molecule has 2 rings (SSSR count). The SMILES string of the molecule is CCCOc1ccc(CNCCCS(=O)(=O)O)cc1-c1nc(CC)c(CC)c(=O)[nH]1. The summed E-state index contributed by atoms with van der Waals surface area (Å²) in [6, 6.07) is 5.70. The van der Waals surface area contributed by atoms with Gasteiger partial charge in [0, 0.05) is 12.1 Å². The molecule has 0 aliphatic carbocycles. The minimum Gasteiger partial charge on any atom is -0.493 e. The third kappa shape index (κ3) is 6.93. The topological polar surface area (TPSA) is 121 Å². The summed E-state index contributed by atoms with van der Waals surface area (Å²) in [5.41, 5.74) is 3.02. The van der Waals surface area contributed by atoms with E-state index in [9.17, 15) is 13.2 Å². The average Bonchev–Trinajstić information content (AvgIpc) is 2.70. The number of nitrogens with one attached hydrogen (secondary N) is 2. The summed E-state index contributed by atoms with van der Waals surface area (Å²) < 4.78 is 36.3. The van der Waals surface area contributed by atoms with Crippen molar-refractivity contribution in [2.24, 2.45) is 0 Å². The van der Waals surface area contributed by atoms with Gasteiger partial charge in [0.2, 0.25) is 0 Å². The summed E-state index contributed by atoms with van der Waals surface area (Å²) in [4.78, 5) is 20.1. The number of nitrogens with zero attached hydrogens (tertiary/aromatic N) is 1. The maximum absolute atomic E-state index is 12.5. The van der Waals surface area contributed by atoms with E-state index in [0.29, 0.717) is 56.1 Å². The van der Waals surface area contributed by atoms with Crippen LogP contribution < -0.4 is 15.6 Å². The predicted molar refractivity (Wildman–Crippen MR) is 118 cm³/mol. The zero-order valence-electron chi connectivity index (χ0n) is 17.8. The Bertz CT molecular complexity index is 1000. The Morgan fingerprint density at radius 2 is 1.97 bits per heavy atom. The maximum Gasteiger partial charge on any atom is 0.264 e. The van der Waals surface area contributed by atoms with Gasteiger partial charge < -0.3 is 15.0 Å². The molecule has 1 heterocycles. The van der Waals surface area contributed by atoms with E-state index >= 15 is 0 Å². The summed E-state index contributed by atoms with van der Waals surface area (Å²) in [7, 11) is -3.94. The predicted octanol–water partition coefficient (Wildman–Crippen LogP) is 2.72. The van der Waals surface area contributed by atoms with Crippen LogP contribution in [0.1, 0.15) is 50.4 Å². The summed E-state index contributed by atoms with van der Waals surface area (Å²) in [5, 5.41) is 3.16. The van der Waals surface area contributed by atoms with Crippen molar-refractivity contribution in [1.29, 1.82) is 0 Å². The van der Waals surface area contributed by atoms with Crippen LogP contribution in [0.15, 0.2) is 23.0 Å². The van der Waals surface area contributed by atoms with Crippen LogP contribution >= 0.6 is 0 Å². The van der Waals surface area contributed by atoms with Gasteiger partial charge in [-0.15, -0.1) is 0 Å². The van der Waals surface area contributed by atoms with Crippen LogP contribution in [0.5, 0.6) is 5.75 Å². The average molecular weight is 438 g/mol. The molecule has 30 heavy (non-hydrogen) atoms. The van der Waals surface area contributed by atoms with E-state index < -0.39 is 10.1 Å². The van der Waals surface area contributed by atoms with Crippen LogP contribution in [0.25, 0.3) is 11.4 Å². The highest BCUT2D eigenvalue weighted by molar-refractivity contribution is 7.85. The van der Waals surface area contributed by atoms with Gasteiger partial charge in [-0.25, -0.2) is 4.98 Å². The van der Waals surface area contributed by atoms with Crippen molar-refractivity contribution >= 4 is 10.1 Å². The molecule has 0 spiro atoms. The second kappa shape index (κ2) is 11.2. The van der Waals surface area contributed by atoms with Crippen molar-refractivity contribution in [2.45, 2.75) is 53.0 Å². The molecule has 2 aromatic rings. The van der Waals surface area contributed by atoms with Gasteiger partial charge in [-0.1, -0.05) is 26.8 Å². The van der Waals surface area contributed by atoms with Crippen LogP contribution in [0, 0.1) is 0 Å². The zero-order valence-corrected chi connectivity index (χ0v) is 18.6. The van der Waals surface area contributed by atoms with Crippen molar-refractivity contribution in [2.75, 3.05) is 18.9 Å². The smallest absolute Gasteiger partial charge is 0.264 e. The monoisotopic (exact) mass is 437 g/mol. The number of aryl methyl sites for hydroxylation is 1. The quantitative estimate of drug-likeness (QED) is 0.345. The van der Waals surface area contributed by atoms with E-state index in [4.69, 9.17) is 9.29 Å². The summed E-state index contributed by atoms with van der Waals surface area (Å²) in [6.45, 7) is 7.45.